The first kappa shape index (κ1) is 10.0. The van der Waals surface area contributed by atoms with Crippen molar-refractivity contribution in [2.75, 3.05) is 6.54 Å². The molecule has 12 heavy (non-hydrogen) atoms. The molecule has 0 aromatic heterocycles. The molecule has 0 saturated heterocycles. The Morgan fingerprint density at radius 2 is 1.92 bits per heavy atom. The second kappa shape index (κ2) is 4.83. The van der Waals surface area contributed by atoms with E-state index in [0.717, 1.165) is 5.92 Å². The number of aliphatic hydroxyl groups excluding tert-OH is 1. The van der Waals surface area contributed by atoms with E-state index in [1.54, 1.807) is 0 Å². The molecule has 1 aliphatic rings. The predicted octanol–water partition coefficient (Wildman–Crippen LogP) is 1.52. The maximum atomic E-state index is 9.52. The lowest BCUT2D eigenvalue weighted by atomic mass is 9.78. The normalized spacial score (nSPS) is 33.2. The number of hydrogen-bond donors (Lipinski definition) is 2. The van der Waals surface area contributed by atoms with E-state index in [4.69, 9.17) is 5.73 Å². The second-order valence-electron chi connectivity index (χ2n) is 3.99. The van der Waals surface area contributed by atoms with Gasteiger partial charge in [0, 0.05) is 6.54 Å². The van der Waals surface area contributed by atoms with Gasteiger partial charge in [-0.3, -0.25) is 0 Å². The van der Waals surface area contributed by atoms with Crippen molar-refractivity contribution >= 4 is 0 Å². The van der Waals surface area contributed by atoms with Crippen molar-refractivity contribution in [1.82, 2.24) is 0 Å². The van der Waals surface area contributed by atoms with Gasteiger partial charge in [0.25, 0.3) is 0 Å². The summed E-state index contributed by atoms with van der Waals surface area (Å²) in [6.45, 7) is 2.69. The summed E-state index contributed by atoms with van der Waals surface area (Å²) in [4.78, 5) is 0. The minimum absolute atomic E-state index is 0.247. The van der Waals surface area contributed by atoms with E-state index in [0.29, 0.717) is 12.5 Å². The van der Waals surface area contributed by atoms with E-state index >= 15 is 0 Å². The highest BCUT2D eigenvalue weighted by Crippen LogP contribution is 2.32. The third-order valence-corrected chi connectivity index (χ3v) is 3.25. The van der Waals surface area contributed by atoms with Crippen LogP contribution < -0.4 is 5.73 Å². The Bertz CT molecular complexity index is 119. The molecule has 3 N–H and O–H groups in total. The van der Waals surface area contributed by atoms with Gasteiger partial charge < -0.3 is 10.8 Å². The lowest BCUT2D eigenvalue weighted by Gasteiger charge is -2.30. The number of hydrogen-bond acceptors (Lipinski definition) is 2. The summed E-state index contributed by atoms with van der Waals surface area (Å²) >= 11 is 0. The van der Waals surface area contributed by atoms with Gasteiger partial charge in [0.1, 0.15) is 0 Å². The summed E-state index contributed by atoms with van der Waals surface area (Å²) in [6.07, 6.45) is 5.98. The molecule has 0 radical (unpaired) electrons. The molecule has 1 rings (SSSR count). The second-order valence-corrected chi connectivity index (χ2v) is 3.99. The van der Waals surface area contributed by atoms with Crippen LogP contribution in [0.5, 0.6) is 0 Å². The van der Waals surface area contributed by atoms with Crippen LogP contribution in [0.3, 0.4) is 0 Å². The van der Waals surface area contributed by atoms with Crippen molar-refractivity contribution < 1.29 is 5.11 Å². The SMILES string of the molecule is CCC1CCC(C(O)CN)CC1. The molecule has 1 atom stereocenters. The maximum Gasteiger partial charge on any atom is 0.0690 e. The Morgan fingerprint density at radius 3 is 2.33 bits per heavy atom. The van der Waals surface area contributed by atoms with Gasteiger partial charge in [0.05, 0.1) is 6.10 Å². The van der Waals surface area contributed by atoms with Crippen LogP contribution in [-0.4, -0.2) is 17.8 Å². The molecule has 0 aliphatic heterocycles. The molecule has 0 aromatic rings. The third kappa shape index (κ3) is 2.46. The molecule has 0 heterocycles. The van der Waals surface area contributed by atoms with Gasteiger partial charge in [0.15, 0.2) is 0 Å². The highest BCUT2D eigenvalue weighted by atomic mass is 16.3. The van der Waals surface area contributed by atoms with E-state index in [2.05, 4.69) is 6.92 Å². The van der Waals surface area contributed by atoms with Crippen LogP contribution >= 0.6 is 0 Å². The third-order valence-electron chi connectivity index (χ3n) is 3.25. The molecule has 1 fully saturated rings. The van der Waals surface area contributed by atoms with Gasteiger partial charge in [-0.05, 0) is 24.7 Å². The van der Waals surface area contributed by atoms with Crippen LogP contribution in [-0.2, 0) is 0 Å². The van der Waals surface area contributed by atoms with Gasteiger partial charge in [-0.2, -0.15) is 0 Å². The summed E-state index contributed by atoms with van der Waals surface area (Å²) < 4.78 is 0. The molecule has 0 bridgehead atoms. The Morgan fingerprint density at radius 1 is 1.33 bits per heavy atom. The van der Waals surface area contributed by atoms with Crippen molar-refractivity contribution in [3.8, 4) is 0 Å². The number of nitrogens with two attached hydrogens (primary N) is 1. The first-order valence-electron chi connectivity index (χ1n) is 5.16. The Labute approximate surface area is 75.2 Å². The molecule has 0 aromatic carbocycles. The first-order valence-corrected chi connectivity index (χ1v) is 5.16. The molecule has 1 saturated carbocycles. The zero-order chi connectivity index (χ0) is 8.97. The van der Waals surface area contributed by atoms with Crippen LogP contribution in [0, 0.1) is 11.8 Å². The van der Waals surface area contributed by atoms with Crippen molar-refractivity contribution in [2.24, 2.45) is 17.6 Å². The van der Waals surface area contributed by atoms with Gasteiger partial charge >= 0.3 is 0 Å². The van der Waals surface area contributed by atoms with Crippen molar-refractivity contribution in [3.63, 3.8) is 0 Å². The number of aliphatic hydroxyl groups is 1. The highest BCUT2D eigenvalue weighted by Gasteiger charge is 2.24. The van der Waals surface area contributed by atoms with Crippen LogP contribution in [0.15, 0.2) is 0 Å². The average Bonchev–Trinajstić information content (AvgIpc) is 2.17. The fourth-order valence-electron chi connectivity index (χ4n) is 2.17. The van der Waals surface area contributed by atoms with E-state index in [1.165, 1.54) is 32.1 Å². The predicted molar refractivity (Wildman–Crippen MR) is 50.8 cm³/mol. The van der Waals surface area contributed by atoms with Crippen LogP contribution in [0.4, 0.5) is 0 Å². The summed E-state index contributed by atoms with van der Waals surface area (Å²) in [6, 6.07) is 0. The topological polar surface area (TPSA) is 46.2 Å². The summed E-state index contributed by atoms with van der Waals surface area (Å²) in [7, 11) is 0. The monoisotopic (exact) mass is 171 g/mol. The van der Waals surface area contributed by atoms with Crippen molar-refractivity contribution in [2.45, 2.75) is 45.1 Å². The summed E-state index contributed by atoms with van der Waals surface area (Å²) in [5.74, 6) is 1.39. The molecular weight excluding hydrogens is 150 g/mol. The van der Waals surface area contributed by atoms with Gasteiger partial charge in [-0.1, -0.05) is 26.2 Å². The van der Waals surface area contributed by atoms with Crippen LogP contribution in [0.1, 0.15) is 39.0 Å². The van der Waals surface area contributed by atoms with Gasteiger partial charge in [-0.25, -0.2) is 0 Å². The standard InChI is InChI=1S/C10H21NO/c1-2-8-3-5-9(6-4-8)10(12)7-11/h8-10,12H,2-7,11H2,1H3. The molecule has 0 spiro atoms. The van der Waals surface area contributed by atoms with Gasteiger partial charge in [0.2, 0.25) is 0 Å². The van der Waals surface area contributed by atoms with Crippen molar-refractivity contribution in [1.29, 1.82) is 0 Å². The molecular formula is C10H21NO. The Hall–Kier alpha value is -0.0800. The van der Waals surface area contributed by atoms with E-state index in [9.17, 15) is 5.11 Å². The highest BCUT2D eigenvalue weighted by molar-refractivity contribution is 4.77. The zero-order valence-corrected chi connectivity index (χ0v) is 8.00. The van der Waals surface area contributed by atoms with Crippen LogP contribution in [0.2, 0.25) is 0 Å². The lowest BCUT2D eigenvalue weighted by Crippen LogP contribution is -2.31. The molecule has 2 heteroatoms. The van der Waals surface area contributed by atoms with E-state index in [-0.39, 0.29) is 6.10 Å². The minimum atomic E-state index is -0.247. The Balaban J connectivity index is 2.25. The molecule has 1 unspecified atom stereocenters. The molecule has 1 aliphatic carbocycles. The van der Waals surface area contributed by atoms with Crippen LogP contribution in [0.25, 0.3) is 0 Å². The quantitative estimate of drug-likeness (QED) is 0.676. The Kier molecular flexibility index (Phi) is 4.02. The number of rotatable bonds is 3. The zero-order valence-electron chi connectivity index (χ0n) is 8.00. The molecule has 0 amide bonds. The maximum absolute atomic E-state index is 9.52. The summed E-state index contributed by atoms with van der Waals surface area (Å²) in [5.41, 5.74) is 5.42. The first-order chi connectivity index (χ1) is 5.77. The largest absolute Gasteiger partial charge is 0.392 e. The smallest absolute Gasteiger partial charge is 0.0690 e. The van der Waals surface area contributed by atoms with E-state index in [1.807, 2.05) is 0 Å². The van der Waals surface area contributed by atoms with Gasteiger partial charge in [-0.15, -0.1) is 0 Å². The lowest BCUT2D eigenvalue weighted by molar-refractivity contribution is 0.0799. The fraction of sp³-hybridized carbons (Fsp3) is 1.00. The van der Waals surface area contributed by atoms with E-state index < -0.39 is 0 Å². The molecule has 72 valence electrons. The van der Waals surface area contributed by atoms with Crippen molar-refractivity contribution in [3.05, 3.63) is 0 Å². The minimum Gasteiger partial charge on any atom is -0.392 e. The fourth-order valence-corrected chi connectivity index (χ4v) is 2.17. The average molecular weight is 171 g/mol. The molecule has 2 nitrogen and oxygen atoms in total. The summed E-state index contributed by atoms with van der Waals surface area (Å²) in [5, 5.41) is 9.52.